The van der Waals surface area contributed by atoms with Crippen molar-refractivity contribution in [3.05, 3.63) is 83.7 Å². The van der Waals surface area contributed by atoms with Crippen LogP contribution in [-0.2, 0) is 30.3 Å². The number of hydrogen-bond donors (Lipinski definition) is 5. The van der Waals surface area contributed by atoms with Crippen LogP contribution in [0.1, 0.15) is 10.4 Å². The van der Waals surface area contributed by atoms with Crippen LogP contribution in [0.15, 0.2) is 53.1 Å². The van der Waals surface area contributed by atoms with Crippen LogP contribution in [0, 0.1) is 20.2 Å². The van der Waals surface area contributed by atoms with E-state index in [1.807, 2.05) is 0 Å². The molecule has 1 amide bonds. The minimum Gasteiger partial charge on any atom is -0.480 e. The lowest BCUT2D eigenvalue weighted by Gasteiger charge is -2.32. The minimum atomic E-state index is -1.53. The molecule has 1 aromatic carbocycles. The molecule has 222 valence electrons. The van der Waals surface area contributed by atoms with Gasteiger partial charge in [-0.15, -0.1) is 23.1 Å². The molecule has 3 atom stereocenters. The van der Waals surface area contributed by atoms with Gasteiger partial charge in [0.1, 0.15) is 23.7 Å². The molecule has 1 aliphatic heterocycles. The molecule has 0 spiro atoms. The predicted octanol–water partition coefficient (Wildman–Crippen LogP) is 1.26. The fraction of sp³-hybridized carbons (Fsp3) is 0.250. The smallest absolute Gasteiger partial charge is 0.352 e. The predicted molar refractivity (Wildman–Crippen MR) is 149 cm³/mol. The number of hydrogen-bond acceptors (Lipinski definition) is 13. The number of rotatable bonds is 13. The lowest BCUT2D eigenvalue weighted by Crippen LogP contribution is -2.55. The lowest BCUT2D eigenvalue weighted by molar-refractivity contribution is -0.394. The number of carbonyl (C=O) groups excluding carboxylic acids is 2. The second kappa shape index (κ2) is 14.2. The second-order valence-electron chi connectivity index (χ2n) is 8.55. The largest absolute Gasteiger partial charge is 0.480 e. The molecule has 2 aromatic rings. The van der Waals surface area contributed by atoms with E-state index in [-0.39, 0.29) is 29.0 Å². The fourth-order valence-corrected chi connectivity index (χ4v) is 5.44. The highest BCUT2D eigenvalue weighted by Crippen LogP contribution is 2.29. The first-order valence-corrected chi connectivity index (χ1v) is 13.7. The molecule has 1 aromatic heterocycles. The summed E-state index contributed by atoms with van der Waals surface area (Å²) in [5.41, 5.74) is 4.09. The average molecular weight is 622 g/mol. The molecule has 0 bridgehead atoms. The maximum atomic E-state index is 12.9. The normalized spacial score (nSPS) is 16.3. The Bertz CT molecular complexity index is 1460. The number of carboxylic acid groups (broad SMARTS) is 2. The van der Waals surface area contributed by atoms with Crippen molar-refractivity contribution in [1.82, 2.24) is 10.6 Å². The van der Waals surface area contributed by atoms with E-state index in [1.54, 1.807) is 17.5 Å². The minimum absolute atomic E-state index is 0.0213. The van der Waals surface area contributed by atoms with E-state index in [0.717, 1.165) is 30.0 Å². The van der Waals surface area contributed by atoms with Crippen molar-refractivity contribution in [3.63, 3.8) is 0 Å². The molecule has 0 aliphatic carbocycles. The van der Waals surface area contributed by atoms with Gasteiger partial charge in [0.25, 0.3) is 11.4 Å². The summed E-state index contributed by atoms with van der Waals surface area (Å²) in [6, 6.07) is 3.44. The summed E-state index contributed by atoms with van der Waals surface area (Å²) in [5, 5.41) is 47.1. The second-order valence-corrected chi connectivity index (χ2v) is 10.7. The number of carbonyl (C=O) groups is 4. The van der Waals surface area contributed by atoms with E-state index >= 15 is 0 Å². The summed E-state index contributed by atoms with van der Waals surface area (Å²) >= 11 is 2.31. The summed E-state index contributed by atoms with van der Waals surface area (Å²) in [6.07, 6.45) is 2.42. The molecule has 0 radical (unpaired) electrons. The molecule has 2 heterocycles. The third-order valence-corrected chi connectivity index (χ3v) is 7.74. The number of non-ortho nitro benzene ring substituents is 1. The zero-order chi connectivity index (χ0) is 31.0. The monoisotopic (exact) mass is 621 g/mol. The van der Waals surface area contributed by atoms with E-state index in [9.17, 15) is 44.5 Å². The van der Waals surface area contributed by atoms with Gasteiger partial charge < -0.3 is 31.3 Å². The zero-order valence-corrected chi connectivity index (χ0v) is 23.0. The first-order valence-electron chi connectivity index (χ1n) is 11.8. The van der Waals surface area contributed by atoms with Gasteiger partial charge in [0.05, 0.1) is 27.9 Å². The number of amides is 1. The SMILES string of the molecule is N[C@@H](COC(=O)[C@@H](NC(=O)Cc1cccs1)[C@@H]1NC(C(=O)O)=C(/C=C/c2ccc([N+](=O)[O-])cc2[N+](=O)[O-])CS1)C(=O)O. The van der Waals surface area contributed by atoms with Gasteiger partial charge in [-0.05, 0) is 29.2 Å². The van der Waals surface area contributed by atoms with Gasteiger partial charge in [-0.2, -0.15) is 0 Å². The van der Waals surface area contributed by atoms with Crippen LogP contribution >= 0.6 is 23.1 Å². The van der Waals surface area contributed by atoms with Crippen LogP contribution in [0.5, 0.6) is 0 Å². The molecule has 3 rings (SSSR count). The highest BCUT2D eigenvalue weighted by Gasteiger charge is 2.37. The van der Waals surface area contributed by atoms with E-state index < -0.39 is 69.1 Å². The van der Waals surface area contributed by atoms with Gasteiger partial charge in [-0.25, -0.2) is 9.59 Å². The van der Waals surface area contributed by atoms with Crippen molar-refractivity contribution in [2.24, 2.45) is 5.73 Å². The molecule has 0 unspecified atom stereocenters. The van der Waals surface area contributed by atoms with Crippen molar-refractivity contribution < 1.29 is 44.0 Å². The number of nitrogens with zero attached hydrogens (tertiary/aromatic N) is 2. The number of aliphatic carboxylic acids is 2. The molecule has 42 heavy (non-hydrogen) atoms. The molecule has 0 fully saturated rings. The maximum Gasteiger partial charge on any atom is 0.352 e. The highest BCUT2D eigenvalue weighted by molar-refractivity contribution is 8.00. The first kappa shape index (κ1) is 31.7. The van der Waals surface area contributed by atoms with Crippen LogP contribution in [0.2, 0.25) is 0 Å². The number of thioether (sulfide) groups is 1. The van der Waals surface area contributed by atoms with Crippen LogP contribution in [0.4, 0.5) is 11.4 Å². The van der Waals surface area contributed by atoms with Gasteiger partial charge in [0.2, 0.25) is 5.91 Å². The number of ether oxygens (including phenoxy) is 1. The number of allylic oxidation sites excluding steroid dienone is 1. The Labute approximate surface area is 244 Å². The van der Waals surface area contributed by atoms with E-state index in [2.05, 4.69) is 10.6 Å². The van der Waals surface area contributed by atoms with Gasteiger partial charge in [0.15, 0.2) is 6.04 Å². The number of nitro benzene ring substituents is 2. The molecular formula is C24H23N5O11S2. The number of thiophene rings is 1. The van der Waals surface area contributed by atoms with E-state index in [4.69, 9.17) is 15.6 Å². The molecular weight excluding hydrogens is 598 g/mol. The summed E-state index contributed by atoms with van der Waals surface area (Å²) in [5.74, 6) is -4.55. The lowest BCUT2D eigenvalue weighted by atomic mass is 10.1. The highest BCUT2D eigenvalue weighted by atomic mass is 32.2. The fourth-order valence-electron chi connectivity index (χ4n) is 3.56. The standard InChI is InChI=1S/C24H23N5O11S2/c25-16(22(31)32)10-40-24(35)20(26-18(30)9-15-2-1-7-41-15)21-27-19(23(33)34)13(11-42-21)4-3-12-5-6-14(28(36)37)8-17(12)29(38)39/h1-8,16,20-21,27H,9-11,25H2,(H,26,30)(H,31,32)(H,33,34)/b4-3+/t16-,20-,21+/m0/s1. The van der Waals surface area contributed by atoms with Crippen molar-refractivity contribution >= 4 is 64.4 Å². The zero-order valence-electron chi connectivity index (χ0n) is 21.3. The number of benzene rings is 1. The van der Waals surface area contributed by atoms with Gasteiger partial charge in [-0.1, -0.05) is 12.1 Å². The molecule has 0 saturated heterocycles. The van der Waals surface area contributed by atoms with Crippen molar-refractivity contribution in [3.8, 4) is 0 Å². The van der Waals surface area contributed by atoms with E-state index in [0.29, 0.717) is 4.88 Å². The van der Waals surface area contributed by atoms with Crippen LogP contribution in [0.25, 0.3) is 6.08 Å². The maximum absolute atomic E-state index is 12.9. The average Bonchev–Trinajstić information content (AvgIpc) is 3.45. The summed E-state index contributed by atoms with van der Waals surface area (Å²) in [6.45, 7) is -0.702. The third-order valence-electron chi connectivity index (χ3n) is 5.64. The number of nitrogens with one attached hydrogen (secondary N) is 2. The van der Waals surface area contributed by atoms with Crippen molar-refractivity contribution in [2.75, 3.05) is 12.4 Å². The Balaban J connectivity index is 1.87. The number of nitro groups is 2. The molecule has 1 aliphatic rings. The summed E-state index contributed by atoms with van der Waals surface area (Å²) in [4.78, 5) is 70.3. The number of carboxylic acids is 2. The van der Waals surface area contributed by atoms with Gasteiger partial charge >= 0.3 is 17.9 Å². The molecule has 16 nitrogen and oxygen atoms in total. The molecule has 0 saturated carbocycles. The van der Waals surface area contributed by atoms with Gasteiger partial charge in [-0.3, -0.25) is 29.8 Å². The Morgan fingerprint density at radius 2 is 1.90 bits per heavy atom. The van der Waals surface area contributed by atoms with Crippen molar-refractivity contribution in [2.45, 2.75) is 23.9 Å². The van der Waals surface area contributed by atoms with Crippen LogP contribution in [0.3, 0.4) is 0 Å². The summed E-state index contributed by atoms with van der Waals surface area (Å²) < 4.78 is 5.01. The molecule has 6 N–H and O–H groups in total. The van der Waals surface area contributed by atoms with Crippen LogP contribution < -0.4 is 16.4 Å². The molecule has 18 heteroatoms. The number of esters is 1. The van der Waals surface area contributed by atoms with Crippen LogP contribution in [-0.4, -0.2) is 73.7 Å². The topological polar surface area (TPSA) is 254 Å². The third kappa shape index (κ3) is 8.35. The van der Waals surface area contributed by atoms with E-state index in [1.165, 1.54) is 23.5 Å². The van der Waals surface area contributed by atoms with Gasteiger partial charge in [0, 0.05) is 16.7 Å². The first-order chi connectivity index (χ1) is 19.9. The Hall–Kier alpha value is -4.81. The van der Waals surface area contributed by atoms with Crippen molar-refractivity contribution in [1.29, 1.82) is 0 Å². The summed E-state index contributed by atoms with van der Waals surface area (Å²) in [7, 11) is 0. The number of nitrogens with two attached hydrogens (primary N) is 1. The Kier molecular flexibility index (Phi) is 10.7. The Morgan fingerprint density at radius 1 is 1.17 bits per heavy atom. The quantitative estimate of drug-likeness (QED) is 0.120. The Morgan fingerprint density at radius 3 is 2.50 bits per heavy atom.